The lowest BCUT2D eigenvalue weighted by atomic mass is 9.92. The zero-order valence-electron chi connectivity index (χ0n) is 18.8. The molecular formula is C29H25N2O+. The Hall–Kier alpha value is -3.90. The van der Waals surface area contributed by atoms with Crippen LogP contribution in [-0.2, 0) is 7.05 Å². The summed E-state index contributed by atoms with van der Waals surface area (Å²) < 4.78 is 8.57. The van der Waals surface area contributed by atoms with Gasteiger partial charge in [0.25, 0.3) is 0 Å². The number of furan rings is 1. The summed E-state index contributed by atoms with van der Waals surface area (Å²) in [6.45, 7) is 6.44. The Morgan fingerprint density at radius 2 is 1.72 bits per heavy atom. The van der Waals surface area contributed by atoms with Crippen LogP contribution in [0.1, 0.15) is 36.5 Å². The first-order valence-corrected chi connectivity index (χ1v) is 10.9. The van der Waals surface area contributed by atoms with Crippen molar-refractivity contribution in [2.24, 2.45) is 7.05 Å². The zero-order chi connectivity index (χ0) is 22.4. The molecule has 3 aromatic carbocycles. The van der Waals surface area contributed by atoms with Gasteiger partial charge in [0.05, 0.1) is 17.2 Å². The number of nitriles is 1. The lowest BCUT2D eigenvalue weighted by Crippen LogP contribution is -2.30. The van der Waals surface area contributed by atoms with Crippen molar-refractivity contribution in [2.75, 3.05) is 0 Å². The number of aryl methyl sites for hydroxylation is 2. The molecule has 0 bridgehead atoms. The van der Waals surface area contributed by atoms with Gasteiger partial charge >= 0.3 is 0 Å². The summed E-state index contributed by atoms with van der Waals surface area (Å²) in [5, 5.41) is 11.9. The van der Waals surface area contributed by atoms with Crippen molar-refractivity contribution in [1.82, 2.24) is 0 Å². The molecule has 3 heteroatoms. The van der Waals surface area contributed by atoms with Gasteiger partial charge in [-0.05, 0) is 53.3 Å². The Morgan fingerprint density at radius 1 is 0.938 bits per heavy atom. The fourth-order valence-corrected chi connectivity index (χ4v) is 4.60. The van der Waals surface area contributed by atoms with Gasteiger partial charge in [-0.1, -0.05) is 50.2 Å². The second kappa shape index (κ2) is 7.66. The van der Waals surface area contributed by atoms with E-state index < -0.39 is 0 Å². The molecule has 0 aliphatic carbocycles. The third-order valence-corrected chi connectivity index (χ3v) is 6.29. The molecule has 0 atom stereocenters. The monoisotopic (exact) mass is 417 g/mol. The average molecular weight is 418 g/mol. The van der Waals surface area contributed by atoms with Crippen molar-refractivity contribution >= 4 is 21.9 Å². The maximum absolute atomic E-state index is 10.0. The minimum atomic E-state index is 0.483. The summed E-state index contributed by atoms with van der Waals surface area (Å²) in [5.74, 6) is 0.483. The number of hydrogen-bond acceptors (Lipinski definition) is 2. The molecule has 0 saturated heterocycles. The van der Waals surface area contributed by atoms with Gasteiger partial charge < -0.3 is 4.42 Å². The van der Waals surface area contributed by atoms with Gasteiger partial charge in [-0.25, -0.2) is 4.57 Å². The third-order valence-electron chi connectivity index (χ3n) is 6.29. The standard InChI is InChI=1S/C29H25N2O/c1-18(2)20-11-13-21(14-12-20)23-8-7-10-25-28(23)27-22(17-30)16-19(3)26(29(27)32-25)24-9-5-6-15-31(24)4/h5-16,18H,1-4H3/q+1. The van der Waals surface area contributed by atoms with Crippen LogP contribution in [0.25, 0.3) is 44.3 Å². The molecule has 156 valence electrons. The Kier molecular flexibility index (Phi) is 4.79. The molecule has 0 radical (unpaired) electrons. The second-order valence-electron chi connectivity index (χ2n) is 8.69. The van der Waals surface area contributed by atoms with Crippen molar-refractivity contribution < 1.29 is 8.98 Å². The quantitative estimate of drug-likeness (QED) is 0.295. The molecule has 0 aliphatic rings. The van der Waals surface area contributed by atoms with Gasteiger partial charge in [0.15, 0.2) is 11.8 Å². The van der Waals surface area contributed by atoms with E-state index in [1.807, 2.05) is 50.5 Å². The lowest BCUT2D eigenvalue weighted by molar-refractivity contribution is -0.660. The van der Waals surface area contributed by atoms with E-state index >= 15 is 0 Å². The fourth-order valence-electron chi connectivity index (χ4n) is 4.60. The van der Waals surface area contributed by atoms with Crippen LogP contribution in [0.5, 0.6) is 0 Å². The Labute approximate surface area is 188 Å². The van der Waals surface area contributed by atoms with E-state index in [1.165, 1.54) is 5.56 Å². The summed E-state index contributed by atoms with van der Waals surface area (Å²) in [5.41, 5.74) is 8.84. The van der Waals surface area contributed by atoms with Crippen LogP contribution in [0.2, 0.25) is 0 Å². The molecule has 0 N–H and O–H groups in total. The van der Waals surface area contributed by atoms with Crippen LogP contribution >= 0.6 is 0 Å². The van der Waals surface area contributed by atoms with E-state index in [2.05, 4.69) is 60.9 Å². The van der Waals surface area contributed by atoms with Crippen LogP contribution in [0.15, 0.2) is 77.3 Å². The summed E-state index contributed by atoms with van der Waals surface area (Å²) in [6, 6.07) is 25.4. The molecule has 0 unspecified atom stereocenters. The maximum Gasteiger partial charge on any atom is 0.216 e. The highest BCUT2D eigenvalue weighted by Gasteiger charge is 2.24. The Morgan fingerprint density at radius 3 is 2.41 bits per heavy atom. The molecule has 0 fully saturated rings. The molecule has 2 aromatic heterocycles. The highest BCUT2D eigenvalue weighted by molar-refractivity contribution is 6.17. The second-order valence-corrected chi connectivity index (χ2v) is 8.69. The van der Waals surface area contributed by atoms with E-state index in [0.717, 1.165) is 49.9 Å². The van der Waals surface area contributed by atoms with Gasteiger partial charge in [-0.2, -0.15) is 5.26 Å². The number of benzene rings is 3. The number of aromatic nitrogens is 1. The minimum Gasteiger partial charge on any atom is -0.455 e. The first-order valence-electron chi connectivity index (χ1n) is 10.9. The first-order chi connectivity index (χ1) is 15.5. The van der Waals surface area contributed by atoms with Gasteiger partial charge in [0.1, 0.15) is 12.6 Å². The summed E-state index contributed by atoms with van der Waals surface area (Å²) in [4.78, 5) is 0. The van der Waals surface area contributed by atoms with Gasteiger partial charge in [-0.15, -0.1) is 0 Å². The Balaban J connectivity index is 1.88. The van der Waals surface area contributed by atoms with Crippen LogP contribution in [0, 0.1) is 18.3 Å². The van der Waals surface area contributed by atoms with E-state index in [9.17, 15) is 5.26 Å². The van der Waals surface area contributed by atoms with Crippen LogP contribution in [0.3, 0.4) is 0 Å². The molecule has 3 nitrogen and oxygen atoms in total. The predicted octanol–water partition coefficient (Wildman–Crippen LogP) is 7.05. The van der Waals surface area contributed by atoms with Crippen LogP contribution < -0.4 is 4.57 Å². The molecule has 32 heavy (non-hydrogen) atoms. The molecule has 0 saturated carbocycles. The van der Waals surface area contributed by atoms with E-state index in [-0.39, 0.29) is 0 Å². The summed E-state index contributed by atoms with van der Waals surface area (Å²) in [6.07, 6.45) is 2.03. The summed E-state index contributed by atoms with van der Waals surface area (Å²) >= 11 is 0. The maximum atomic E-state index is 10.0. The fraction of sp³-hybridized carbons (Fsp3) is 0.172. The lowest BCUT2D eigenvalue weighted by Gasteiger charge is -2.09. The minimum absolute atomic E-state index is 0.483. The number of fused-ring (bicyclic) bond motifs is 3. The van der Waals surface area contributed by atoms with Crippen LogP contribution in [-0.4, -0.2) is 0 Å². The number of hydrogen-bond donors (Lipinski definition) is 0. The molecule has 5 aromatic rings. The SMILES string of the molecule is Cc1cc(C#N)c2c(oc3cccc(-c4ccc(C(C)C)cc4)c32)c1-c1cccc[n+]1C. The molecule has 0 spiro atoms. The topological polar surface area (TPSA) is 40.8 Å². The molecule has 0 amide bonds. The van der Waals surface area contributed by atoms with Crippen molar-refractivity contribution in [2.45, 2.75) is 26.7 Å². The van der Waals surface area contributed by atoms with Gasteiger partial charge in [0, 0.05) is 22.9 Å². The Bertz CT molecular complexity index is 1520. The highest BCUT2D eigenvalue weighted by Crippen LogP contribution is 2.42. The van der Waals surface area contributed by atoms with Crippen molar-refractivity contribution in [3.05, 3.63) is 89.6 Å². The van der Waals surface area contributed by atoms with E-state index in [0.29, 0.717) is 11.5 Å². The van der Waals surface area contributed by atoms with Gasteiger partial charge in [-0.3, -0.25) is 0 Å². The number of nitrogens with zero attached hydrogens (tertiary/aromatic N) is 2. The smallest absolute Gasteiger partial charge is 0.216 e. The highest BCUT2D eigenvalue weighted by atomic mass is 16.3. The first kappa shape index (κ1) is 20.0. The normalized spacial score (nSPS) is 11.4. The third kappa shape index (κ3) is 3.08. The average Bonchev–Trinajstić information content (AvgIpc) is 3.19. The zero-order valence-corrected chi connectivity index (χ0v) is 18.8. The summed E-state index contributed by atoms with van der Waals surface area (Å²) in [7, 11) is 2.03. The van der Waals surface area contributed by atoms with Crippen molar-refractivity contribution in [3.63, 3.8) is 0 Å². The molecule has 0 aliphatic heterocycles. The molecule has 5 rings (SSSR count). The molecule has 2 heterocycles. The number of pyridine rings is 1. The van der Waals surface area contributed by atoms with E-state index in [1.54, 1.807) is 0 Å². The van der Waals surface area contributed by atoms with E-state index in [4.69, 9.17) is 4.42 Å². The number of rotatable bonds is 3. The van der Waals surface area contributed by atoms with Crippen molar-refractivity contribution in [1.29, 1.82) is 5.26 Å². The van der Waals surface area contributed by atoms with Crippen LogP contribution in [0.4, 0.5) is 0 Å². The van der Waals surface area contributed by atoms with Gasteiger partial charge in [0.2, 0.25) is 5.69 Å². The largest absolute Gasteiger partial charge is 0.455 e. The van der Waals surface area contributed by atoms with Crippen molar-refractivity contribution in [3.8, 4) is 28.5 Å². The predicted molar refractivity (Wildman–Crippen MR) is 129 cm³/mol. The molecular weight excluding hydrogens is 392 g/mol.